The number of hydrogen-bond donors (Lipinski definition) is 1. The zero-order valence-electron chi connectivity index (χ0n) is 19.0. The molecule has 0 bridgehead atoms. The van der Waals surface area contributed by atoms with Crippen molar-refractivity contribution in [2.45, 2.75) is 44.9 Å². The van der Waals surface area contributed by atoms with Crippen molar-refractivity contribution in [2.75, 3.05) is 26.3 Å². The maximum absolute atomic E-state index is 12.3. The minimum absolute atomic E-state index is 0.0133. The van der Waals surface area contributed by atoms with Crippen LogP contribution in [0.5, 0.6) is 17.2 Å². The average Bonchev–Trinajstić information content (AvgIpc) is 3.28. The lowest BCUT2D eigenvalue weighted by Gasteiger charge is -2.51. The van der Waals surface area contributed by atoms with Gasteiger partial charge >= 0.3 is 6.09 Å². The first-order valence-corrected chi connectivity index (χ1v) is 11.6. The Morgan fingerprint density at radius 2 is 1.97 bits per heavy atom. The normalized spacial score (nSPS) is 20.5. The second-order valence-electron chi connectivity index (χ2n) is 8.50. The summed E-state index contributed by atoms with van der Waals surface area (Å²) in [6.07, 6.45) is 1.59. The molecule has 33 heavy (non-hydrogen) atoms. The zero-order chi connectivity index (χ0) is 23.0. The summed E-state index contributed by atoms with van der Waals surface area (Å²) in [5, 5.41) is 17.1. The SMILES string of the molecule is CCOC(=O)N1CCC2(CC1)Oc1c(OCC)cccc1[C@@H]1CC(c3cccc(O)c3)=NN12. The first kappa shape index (κ1) is 21.4. The largest absolute Gasteiger partial charge is 0.508 e. The number of rotatable bonds is 4. The Bertz CT molecular complexity index is 1080. The molecule has 3 heterocycles. The van der Waals surface area contributed by atoms with Gasteiger partial charge in [-0.15, -0.1) is 0 Å². The third-order valence-corrected chi connectivity index (χ3v) is 6.54. The van der Waals surface area contributed by atoms with Crippen LogP contribution in [-0.2, 0) is 4.74 Å². The van der Waals surface area contributed by atoms with Gasteiger partial charge in [0.1, 0.15) is 5.75 Å². The lowest BCUT2D eigenvalue weighted by molar-refractivity contribution is -0.148. The molecular weight excluding hydrogens is 422 g/mol. The number of fused-ring (bicyclic) bond motifs is 4. The number of carbonyl (C=O) groups is 1. The minimum Gasteiger partial charge on any atom is -0.508 e. The molecule has 0 aromatic heterocycles. The van der Waals surface area contributed by atoms with Gasteiger partial charge in [-0.2, -0.15) is 5.10 Å². The maximum atomic E-state index is 12.3. The molecule has 1 N–H and O–H groups in total. The zero-order valence-corrected chi connectivity index (χ0v) is 19.0. The molecule has 8 nitrogen and oxygen atoms in total. The fraction of sp³-hybridized carbons (Fsp3) is 0.440. The summed E-state index contributed by atoms with van der Waals surface area (Å²) < 4.78 is 17.8. The van der Waals surface area contributed by atoms with Crippen LogP contribution in [0, 0.1) is 0 Å². The highest BCUT2D eigenvalue weighted by Gasteiger charge is 2.53. The summed E-state index contributed by atoms with van der Waals surface area (Å²) in [7, 11) is 0. The van der Waals surface area contributed by atoms with Crippen LogP contribution in [-0.4, -0.2) is 58.8 Å². The van der Waals surface area contributed by atoms with Crippen molar-refractivity contribution in [3.63, 3.8) is 0 Å². The summed E-state index contributed by atoms with van der Waals surface area (Å²) in [6.45, 7) is 5.71. The molecule has 1 atom stereocenters. The number of ether oxygens (including phenoxy) is 3. The highest BCUT2D eigenvalue weighted by atomic mass is 16.6. The quantitative estimate of drug-likeness (QED) is 0.747. The van der Waals surface area contributed by atoms with Crippen LogP contribution in [0.4, 0.5) is 4.79 Å². The van der Waals surface area contributed by atoms with Crippen molar-refractivity contribution in [3.05, 3.63) is 53.6 Å². The van der Waals surface area contributed by atoms with Gasteiger partial charge in [-0.1, -0.05) is 24.3 Å². The molecule has 0 radical (unpaired) electrons. The van der Waals surface area contributed by atoms with Gasteiger partial charge in [-0.25, -0.2) is 9.80 Å². The van der Waals surface area contributed by atoms with Crippen LogP contribution in [0.1, 0.15) is 50.3 Å². The Morgan fingerprint density at radius 3 is 2.70 bits per heavy atom. The topological polar surface area (TPSA) is 83.8 Å². The van der Waals surface area contributed by atoms with Crippen LogP contribution in [0.3, 0.4) is 0 Å². The van der Waals surface area contributed by atoms with Crippen LogP contribution in [0.15, 0.2) is 47.6 Å². The summed E-state index contributed by atoms with van der Waals surface area (Å²) in [5.41, 5.74) is 2.15. The highest BCUT2D eigenvalue weighted by molar-refractivity contribution is 6.02. The van der Waals surface area contributed by atoms with E-state index in [1.165, 1.54) is 0 Å². The van der Waals surface area contributed by atoms with Crippen molar-refractivity contribution < 1.29 is 24.1 Å². The molecule has 5 rings (SSSR count). The number of hydrazone groups is 1. The summed E-state index contributed by atoms with van der Waals surface area (Å²) in [6, 6.07) is 13.2. The van der Waals surface area contributed by atoms with Crippen LogP contribution >= 0.6 is 0 Å². The third-order valence-electron chi connectivity index (χ3n) is 6.54. The molecule has 2 aromatic carbocycles. The maximum Gasteiger partial charge on any atom is 0.409 e. The van der Waals surface area contributed by atoms with Gasteiger partial charge < -0.3 is 24.2 Å². The van der Waals surface area contributed by atoms with Gasteiger partial charge in [0.25, 0.3) is 0 Å². The summed E-state index contributed by atoms with van der Waals surface area (Å²) >= 11 is 0. The fourth-order valence-corrected chi connectivity index (χ4v) is 4.98. The molecule has 1 fully saturated rings. The van der Waals surface area contributed by atoms with Crippen molar-refractivity contribution >= 4 is 11.8 Å². The molecule has 2 aromatic rings. The van der Waals surface area contributed by atoms with Crippen molar-refractivity contribution in [2.24, 2.45) is 5.10 Å². The number of phenolic OH excluding ortho intramolecular Hbond substituents is 1. The number of para-hydroxylation sites is 1. The Kier molecular flexibility index (Phi) is 5.52. The van der Waals surface area contributed by atoms with Gasteiger partial charge in [0.05, 0.1) is 25.0 Å². The molecule has 0 unspecified atom stereocenters. The molecule has 0 aliphatic carbocycles. The summed E-state index contributed by atoms with van der Waals surface area (Å²) in [4.78, 5) is 14.0. The first-order valence-electron chi connectivity index (χ1n) is 11.6. The molecule has 1 saturated heterocycles. The van der Waals surface area contributed by atoms with E-state index in [4.69, 9.17) is 19.3 Å². The lowest BCUT2D eigenvalue weighted by atomic mass is 9.90. The smallest absolute Gasteiger partial charge is 0.409 e. The monoisotopic (exact) mass is 451 g/mol. The van der Waals surface area contributed by atoms with Gasteiger partial charge in [0, 0.05) is 43.5 Å². The van der Waals surface area contributed by atoms with Crippen molar-refractivity contribution in [1.82, 2.24) is 9.91 Å². The first-order chi connectivity index (χ1) is 16.0. The predicted molar refractivity (Wildman–Crippen MR) is 123 cm³/mol. The predicted octanol–water partition coefficient (Wildman–Crippen LogP) is 4.28. The van der Waals surface area contributed by atoms with E-state index in [0.717, 1.165) is 28.3 Å². The number of likely N-dealkylation sites (tertiary alicyclic amines) is 1. The number of amides is 1. The average molecular weight is 452 g/mol. The molecule has 1 spiro atoms. The standard InChI is InChI=1S/C25H29N3O5/c1-3-31-22-10-6-9-19-21-16-20(17-7-5-8-18(29)15-17)26-28(21)25(33-23(19)22)11-13-27(14-12-25)24(30)32-4-2/h5-10,15,21,29H,3-4,11-14,16H2,1-2H3/t21-/m0/s1. The Labute approximate surface area is 193 Å². The van der Waals surface area contributed by atoms with Crippen molar-refractivity contribution in [3.8, 4) is 17.2 Å². The van der Waals surface area contributed by atoms with E-state index in [1.54, 1.807) is 17.0 Å². The minimum atomic E-state index is -0.688. The van der Waals surface area contributed by atoms with Gasteiger partial charge in [-0.3, -0.25) is 0 Å². The number of phenols is 1. The molecule has 8 heteroatoms. The molecule has 0 saturated carbocycles. The van der Waals surface area contributed by atoms with E-state index in [2.05, 4.69) is 11.1 Å². The third kappa shape index (κ3) is 3.73. The molecule has 1 amide bonds. The molecule has 3 aliphatic heterocycles. The molecule has 174 valence electrons. The number of benzene rings is 2. The fourth-order valence-electron chi connectivity index (χ4n) is 4.98. The van der Waals surface area contributed by atoms with Crippen LogP contribution in [0.25, 0.3) is 0 Å². The van der Waals surface area contributed by atoms with Crippen LogP contribution < -0.4 is 9.47 Å². The Balaban J connectivity index is 1.52. The molecule has 3 aliphatic rings. The second-order valence-corrected chi connectivity index (χ2v) is 8.50. The van der Waals surface area contributed by atoms with Gasteiger partial charge in [0.2, 0.25) is 5.72 Å². The number of hydrogen-bond acceptors (Lipinski definition) is 7. The Hall–Kier alpha value is -3.42. The second kappa shape index (κ2) is 8.50. The van der Waals surface area contributed by atoms with Crippen molar-refractivity contribution in [1.29, 1.82) is 0 Å². The Morgan fingerprint density at radius 1 is 1.18 bits per heavy atom. The number of nitrogens with zero attached hydrogens (tertiary/aromatic N) is 3. The van der Waals surface area contributed by atoms with E-state index >= 15 is 0 Å². The number of aromatic hydroxyl groups is 1. The van der Waals surface area contributed by atoms with E-state index < -0.39 is 5.72 Å². The summed E-state index contributed by atoms with van der Waals surface area (Å²) in [5.74, 6) is 1.71. The van der Waals surface area contributed by atoms with Gasteiger partial charge in [-0.05, 0) is 32.0 Å². The van der Waals surface area contributed by atoms with E-state index in [1.807, 2.05) is 38.1 Å². The van der Waals surface area contributed by atoms with Gasteiger partial charge in [0.15, 0.2) is 11.5 Å². The number of piperidine rings is 1. The lowest BCUT2D eigenvalue weighted by Crippen LogP contribution is -2.59. The van der Waals surface area contributed by atoms with E-state index in [-0.39, 0.29) is 17.9 Å². The number of carbonyl (C=O) groups excluding carboxylic acids is 1. The van der Waals surface area contributed by atoms with E-state index in [0.29, 0.717) is 45.6 Å². The highest BCUT2D eigenvalue weighted by Crippen LogP contribution is 2.52. The van der Waals surface area contributed by atoms with E-state index in [9.17, 15) is 9.90 Å². The molecular formula is C25H29N3O5. The van der Waals surface area contributed by atoms with Crippen LogP contribution in [0.2, 0.25) is 0 Å².